The number of hydrogen-bond acceptors (Lipinski definition) is 6. The lowest BCUT2D eigenvalue weighted by molar-refractivity contribution is -0.0276. The molecule has 0 aliphatic carbocycles. The molecule has 0 N–H and O–H groups in total. The van der Waals surface area contributed by atoms with Crippen LogP contribution in [-0.4, -0.2) is 47.8 Å². The van der Waals surface area contributed by atoms with Gasteiger partial charge in [-0.3, -0.25) is 4.79 Å². The molecule has 4 rings (SSSR count). The first-order valence-electron chi connectivity index (χ1n) is 8.78. The molecule has 1 amide bonds. The van der Waals surface area contributed by atoms with Crippen LogP contribution in [0.3, 0.4) is 0 Å². The molecule has 7 nitrogen and oxygen atoms in total. The lowest BCUT2D eigenvalue weighted by Crippen LogP contribution is -2.42. The van der Waals surface area contributed by atoms with Gasteiger partial charge in [-0.15, -0.1) is 0 Å². The average Bonchev–Trinajstić information content (AvgIpc) is 3.24. The molecule has 0 saturated carbocycles. The Balaban J connectivity index is 1.48. The van der Waals surface area contributed by atoms with E-state index in [1.54, 1.807) is 24.1 Å². The molecule has 1 aliphatic heterocycles. The zero-order chi connectivity index (χ0) is 19.5. The van der Waals surface area contributed by atoms with Crippen LogP contribution >= 0.6 is 0 Å². The van der Waals surface area contributed by atoms with E-state index in [0.717, 1.165) is 11.3 Å². The van der Waals surface area contributed by atoms with Crippen molar-refractivity contribution in [2.24, 2.45) is 0 Å². The first kappa shape index (κ1) is 18.1. The first-order chi connectivity index (χ1) is 13.6. The van der Waals surface area contributed by atoms with Crippen LogP contribution in [0.1, 0.15) is 22.3 Å². The minimum Gasteiger partial charge on any atom is -0.497 e. The highest BCUT2D eigenvalue weighted by atomic mass is 19.1. The molecule has 0 bridgehead atoms. The summed E-state index contributed by atoms with van der Waals surface area (Å²) in [6.45, 7) is 1.08. The van der Waals surface area contributed by atoms with Gasteiger partial charge in [0.1, 0.15) is 17.7 Å². The predicted molar refractivity (Wildman–Crippen MR) is 97.3 cm³/mol. The van der Waals surface area contributed by atoms with Gasteiger partial charge in [0.05, 0.1) is 20.3 Å². The van der Waals surface area contributed by atoms with Crippen molar-refractivity contribution >= 4 is 5.91 Å². The Labute approximate surface area is 160 Å². The highest BCUT2D eigenvalue weighted by Crippen LogP contribution is 2.25. The molecule has 144 valence electrons. The number of carbonyl (C=O) groups excluding carboxylic acids is 1. The van der Waals surface area contributed by atoms with Crippen molar-refractivity contribution in [2.75, 3.05) is 26.8 Å². The number of rotatable bonds is 4. The van der Waals surface area contributed by atoms with Gasteiger partial charge >= 0.3 is 0 Å². The number of carbonyl (C=O) groups is 1. The molecule has 1 fully saturated rings. The SMILES string of the molecule is COc1ccc(-c2nc(C3CN(C(=O)c4ccc(F)cc4)CCO3)no2)cc1. The first-order valence-corrected chi connectivity index (χ1v) is 8.78. The van der Waals surface area contributed by atoms with Gasteiger partial charge in [-0.2, -0.15) is 4.98 Å². The van der Waals surface area contributed by atoms with Crippen LogP contribution in [0.4, 0.5) is 4.39 Å². The normalized spacial score (nSPS) is 16.8. The zero-order valence-corrected chi connectivity index (χ0v) is 15.2. The molecule has 0 radical (unpaired) electrons. The van der Waals surface area contributed by atoms with Crippen LogP contribution in [0.15, 0.2) is 53.1 Å². The number of halogens is 1. The third kappa shape index (κ3) is 3.72. The summed E-state index contributed by atoms with van der Waals surface area (Å²) in [6.07, 6.45) is -0.492. The number of aromatic nitrogens is 2. The van der Waals surface area contributed by atoms with Crippen molar-refractivity contribution < 1.29 is 23.2 Å². The van der Waals surface area contributed by atoms with E-state index in [2.05, 4.69) is 10.1 Å². The van der Waals surface area contributed by atoms with Crippen molar-refractivity contribution in [1.29, 1.82) is 0 Å². The third-order valence-corrected chi connectivity index (χ3v) is 4.51. The van der Waals surface area contributed by atoms with Gasteiger partial charge in [0.15, 0.2) is 0 Å². The lowest BCUT2D eigenvalue weighted by atomic mass is 10.1. The van der Waals surface area contributed by atoms with Crippen LogP contribution < -0.4 is 4.74 Å². The summed E-state index contributed by atoms with van der Waals surface area (Å²) in [5.74, 6) is 0.904. The average molecular weight is 383 g/mol. The molecule has 1 atom stereocenters. The molecule has 1 aliphatic rings. The van der Waals surface area contributed by atoms with Gasteiger partial charge in [-0.1, -0.05) is 5.16 Å². The zero-order valence-electron chi connectivity index (χ0n) is 15.2. The number of hydrogen-bond donors (Lipinski definition) is 0. The van der Waals surface area contributed by atoms with Crippen LogP contribution in [0, 0.1) is 5.82 Å². The fourth-order valence-corrected chi connectivity index (χ4v) is 2.98. The van der Waals surface area contributed by atoms with Crippen molar-refractivity contribution in [2.45, 2.75) is 6.10 Å². The van der Waals surface area contributed by atoms with Gasteiger partial charge in [-0.25, -0.2) is 4.39 Å². The standard InChI is InChI=1S/C20H18FN3O4/c1-26-16-8-4-13(5-9-16)19-22-18(23-28-19)17-12-24(10-11-27-17)20(25)14-2-6-15(21)7-3-14/h2-9,17H,10-12H2,1H3. The second-order valence-electron chi connectivity index (χ2n) is 6.30. The van der Waals surface area contributed by atoms with Crippen LogP contribution in [0.5, 0.6) is 5.75 Å². The number of morpholine rings is 1. The van der Waals surface area contributed by atoms with Crippen molar-refractivity contribution in [3.8, 4) is 17.2 Å². The second kappa shape index (κ2) is 7.77. The maximum atomic E-state index is 13.1. The molecule has 2 aromatic carbocycles. The summed E-state index contributed by atoms with van der Waals surface area (Å²) in [5, 5.41) is 4.01. The monoisotopic (exact) mass is 383 g/mol. The van der Waals surface area contributed by atoms with Crippen molar-refractivity contribution in [3.63, 3.8) is 0 Å². The predicted octanol–water partition coefficient (Wildman–Crippen LogP) is 3.10. The Hall–Kier alpha value is -3.26. The maximum Gasteiger partial charge on any atom is 0.258 e. The van der Waals surface area contributed by atoms with E-state index in [-0.39, 0.29) is 18.3 Å². The second-order valence-corrected chi connectivity index (χ2v) is 6.30. The fraction of sp³-hybridized carbons (Fsp3) is 0.250. The Morgan fingerprint density at radius 3 is 2.64 bits per heavy atom. The molecular weight excluding hydrogens is 365 g/mol. The summed E-state index contributed by atoms with van der Waals surface area (Å²) in [4.78, 5) is 18.7. The van der Waals surface area contributed by atoms with Crippen LogP contribution in [0.25, 0.3) is 11.5 Å². The Kier molecular flexibility index (Phi) is 5.03. The van der Waals surface area contributed by atoms with E-state index in [4.69, 9.17) is 14.0 Å². The molecule has 1 unspecified atom stereocenters. The number of ether oxygens (including phenoxy) is 2. The van der Waals surface area contributed by atoms with Gasteiger partial charge in [0, 0.05) is 17.7 Å². The lowest BCUT2D eigenvalue weighted by Gasteiger charge is -2.31. The Morgan fingerprint density at radius 1 is 1.18 bits per heavy atom. The highest BCUT2D eigenvalue weighted by Gasteiger charge is 2.29. The van der Waals surface area contributed by atoms with Crippen molar-refractivity contribution in [1.82, 2.24) is 15.0 Å². The Bertz CT molecular complexity index is 956. The highest BCUT2D eigenvalue weighted by molar-refractivity contribution is 5.94. The van der Waals surface area contributed by atoms with Gasteiger partial charge in [0.25, 0.3) is 11.8 Å². The topological polar surface area (TPSA) is 77.7 Å². The minimum atomic E-state index is -0.492. The van der Waals surface area contributed by atoms with Crippen molar-refractivity contribution in [3.05, 3.63) is 65.7 Å². The van der Waals surface area contributed by atoms with Gasteiger partial charge in [-0.05, 0) is 48.5 Å². The minimum absolute atomic E-state index is 0.188. The van der Waals surface area contributed by atoms with Crippen LogP contribution in [0.2, 0.25) is 0 Å². The summed E-state index contributed by atoms with van der Waals surface area (Å²) in [5.41, 5.74) is 1.18. The van der Waals surface area contributed by atoms with E-state index in [1.165, 1.54) is 24.3 Å². The van der Waals surface area contributed by atoms with E-state index < -0.39 is 6.10 Å². The molecule has 1 aromatic heterocycles. The van der Waals surface area contributed by atoms with Crippen LogP contribution in [-0.2, 0) is 4.74 Å². The molecule has 8 heteroatoms. The molecule has 2 heterocycles. The van der Waals surface area contributed by atoms with Gasteiger partial charge < -0.3 is 18.9 Å². The summed E-state index contributed by atoms with van der Waals surface area (Å²) in [7, 11) is 1.60. The summed E-state index contributed by atoms with van der Waals surface area (Å²) >= 11 is 0. The number of amides is 1. The van der Waals surface area contributed by atoms with E-state index in [1.807, 2.05) is 12.1 Å². The largest absolute Gasteiger partial charge is 0.497 e. The van der Waals surface area contributed by atoms with Gasteiger partial charge in [0.2, 0.25) is 5.82 Å². The summed E-state index contributed by atoms with van der Waals surface area (Å²) < 4.78 is 29.3. The molecule has 1 saturated heterocycles. The van der Waals surface area contributed by atoms with E-state index in [9.17, 15) is 9.18 Å². The number of nitrogens with zero attached hydrogens (tertiary/aromatic N) is 3. The molecule has 0 spiro atoms. The van der Waals surface area contributed by atoms with E-state index >= 15 is 0 Å². The molecule has 28 heavy (non-hydrogen) atoms. The smallest absolute Gasteiger partial charge is 0.258 e. The molecular formula is C20H18FN3O4. The quantitative estimate of drug-likeness (QED) is 0.689. The number of benzene rings is 2. The number of methoxy groups -OCH3 is 1. The maximum absolute atomic E-state index is 13.1. The molecule has 3 aromatic rings. The fourth-order valence-electron chi connectivity index (χ4n) is 2.98. The Morgan fingerprint density at radius 2 is 1.93 bits per heavy atom. The van der Waals surface area contributed by atoms with E-state index in [0.29, 0.717) is 30.4 Å². The third-order valence-electron chi connectivity index (χ3n) is 4.51. The summed E-state index contributed by atoms with van der Waals surface area (Å²) in [6, 6.07) is 12.7.